The van der Waals surface area contributed by atoms with Crippen LogP contribution in [0, 0.1) is 6.92 Å². The highest BCUT2D eigenvalue weighted by Gasteiger charge is 2.28. The Hall–Kier alpha value is -4.34. The minimum atomic E-state index is 0.131. The summed E-state index contributed by atoms with van der Waals surface area (Å²) in [5, 5.41) is 7.35. The number of benzene rings is 5. The first kappa shape index (κ1) is 22.8. The molecule has 0 aliphatic carbocycles. The van der Waals surface area contributed by atoms with E-state index < -0.39 is 0 Å². The van der Waals surface area contributed by atoms with Gasteiger partial charge < -0.3 is 10.2 Å². The monoisotopic (exact) mass is 508 g/mol. The summed E-state index contributed by atoms with van der Waals surface area (Å²) in [7, 11) is 2.17. The van der Waals surface area contributed by atoms with Gasteiger partial charge in [-0.15, -0.1) is 11.3 Å². The van der Waals surface area contributed by atoms with E-state index in [1.807, 2.05) is 11.3 Å². The predicted molar refractivity (Wildman–Crippen MR) is 164 cm³/mol. The Morgan fingerprint density at radius 3 is 2.18 bits per heavy atom. The highest BCUT2D eigenvalue weighted by molar-refractivity contribution is 7.17. The molecular weight excluding hydrogens is 480 g/mol. The molecule has 3 heteroatoms. The molecule has 0 amide bonds. The third kappa shape index (κ3) is 3.79. The number of nitrogens with one attached hydrogen (secondary N) is 1. The van der Waals surface area contributed by atoms with Crippen molar-refractivity contribution in [3.05, 3.63) is 132 Å². The molecule has 0 radical (unpaired) electrons. The highest BCUT2D eigenvalue weighted by Crippen LogP contribution is 2.44. The van der Waals surface area contributed by atoms with Crippen molar-refractivity contribution in [1.82, 2.24) is 0 Å². The highest BCUT2D eigenvalue weighted by atomic mass is 32.1. The molecule has 38 heavy (non-hydrogen) atoms. The topological polar surface area (TPSA) is 15.3 Å². The van der Waals surface area contributed by atoms with E-state index in [9.17, 15) is 0 Å². The van der Waals surface area contributed by atoms with Crippen LogP contribution in [-0.2, 0) is 0 Å². The number of para-hydroxylation sites is 2. The quantitative estimate of drug-likeness (QED) is 0.255. The molecule has 1 unspecified atom stereocenters. The summed E-state index contributed by atoms with van der Waals surface area (Å²) in [6, 6.07) is 41.7. The number of thiophene rings is 1. The molecule has 0 fully saturated rings. The van der Waals surface area contributed by atoms with E-state index in [2.05, 4.69) is 145 Å². The summed E-state index contributed by atoms with van der Waals surface area (Å²) in [5.74, 6) is 0. The van der Waals surface area contributed by atoms with Gasteiger partial charge in [-0.3, -0.25) is 0 Å². The number of anilines is 2. The fraction of sp³-hybridized carbons (Fsp3) is 0.0857. The average molecular weight is 509 g/mol. The minimum Gasteiger partial charge on any atom is -0.360 e. The summed E-state index contributed by atoms with van der Waals surface area (Å²) < 4.78 is 1.32. The number of hydrogen-bond acceptors (Lipinski definition) is 3. The molecule has 0 saturated carbocycles. The zero-order valence-corrected chi connectivity index (χ0v) is 22.3. The molecule has 184 valence electrons. The summed E-state index contributed by atoms with van der Waals surface area (Å²) in [6.45, 7) is 2.23. The molecule has 5 aromatic carbocycles. The maximum Gasteiger partial charge on any atom is 0.127 e. The summed E-state index contributed by atoms with van der Waals surface area (Å²) in [5.41, 5.74) is 12.6. The molecule has 6 aromatic rings. The van der Waals surface area contributed by atoms with E-state index in [4.69, 9.17) is 0 Å². The largest absolute Gasteiger partial charge is 0.360 e. The van der Waals surface area contributed by atoms with Crippen LogP contribution >= 0.6 is 11.3 Å². The van der Waals surface area contributed by atoms with Crippen molar-refractivity contribution in [2.75, 3.05) is 17.3 Å². The molecule has 1 aromatic heterocycles. The molecule has 0 spiro atoms. The van der Waals surface area contributed by atoms with Crippen LogP contribution in [0.5, 0.6) is 0 Å². The van der Waals surface area contributed by atoms with Gasteiger partial charge in [0.2, 0.25) is 0 Å². The molecule has 1 N–H and O–H groups in total. The first-order valence-corrected chi connectivity index (χ1v) is 13.9. The predicted octanol–water partition coefficient (Wildman–Crippen LogP) is 9.77. The first-order chi connectivity index (χ1) is 18.7. The minimum absolute atomic E-state index is 0.131. The zero-order valence-electron chi connectivity index (χ0n) is 21.5. The number of fused-ring (bicyclic) bond motifs is 2. The molecule has 2 nitrogen and oxygen atoms in total. The Balaban J connectivity index is 1.27. The smallest absolute Gasteiger partial charge is 0.127 e. The van der Waals surface area contributed by atoms with Crippen LogP contribution in [0.25, 0.3) is 43.5 Å². The van der Waals surface area contributed by atoms with Gasteiger partial charge in [0.15, 0.2) is 0 Å². The summed E-state index contributed by atoms with van der Waals surface area (Å²) in [4.78, 5) is 2.34. The van der Waals surface area contributed by atoms with Crippen molar-refractivity contribution in [1.29, 1.82) is 0 Å². The van der Waals surface area contributed by atoms with Crippen molar-refractivity contribution in [2.24, 2.45) is 0 Å². The van der Waals surface area contributed by atoms with Crippen molar-refractivity contribution in [3.8, 4) is 33.4 Å². The molecule has 0 bridgehead atoms. The van der Waals surface area contributed by atoms with Gasteiger partial charge in [-0.1, -0.05) is 84.9 Å². The van der Waals surface area contributed by atoms with Gasteiger partial charge in [0.05, 0.1) is 11.4 Å². The van der Waals surface area contributed by atoms with Crippen molar-refractivity contribution >= 4 is 32.8 Å². The van der Waals surface area contributed by atoms with E-state index in [1.165, 1.54) is 66.0 Å². The fourth-order valence-corrected chi connectivity index (χ4v) is 6.72. The van der Waals surface area contributed by atoms with E-state index in [-0.39, 0.29) is 6.17 Å². The zero-order chi connectivity index (χ0) is 25.6. The Kier molecular flexibility index (Phi) is 5.52. The van der Waals surface area contributed by atoms with E-state index in [0.717, 1.165) is 0 Å². The summed E-state index contributed by atoms with van der Waals surface area (Å²) in [6.07, 6.45) is 0.131. The SMILES string of the molecule is Cc1c(-c2ccccc2)cccc1-c1cccc(-c2ccc3scc(C4Nc5ccccc5N4C)c3c2)c1. The number of nitrogens with zero attached hydrogens (tertiary/aromatic N) is 1. The van der Waals surface area contributed by atoms with Gasteiger partial charge in [0.1, 0.15) is 6.17 Å². The van der Waals surface area contributed by atoms with Gasteiger partial charge >= 0.3 is 0 Å². The van der Waals surface area contributed by atoms with Gasteiger partial charge in [0.25, 0.3) is 0 Å². The van der Waals surface area contributed by atoms with Gasteiger partial charge in [0, 0.05) is 22.7 Å². The molecule has 7 rings (SSSR count). The maximum absolute atomic E-state index is 3.73. The van der Waals surface area contributed by atoms with Crippen molar-refractivity contribution in [3.63, 3.8) is 0 Å². The molecule has 2 heterocycles. The molecule has 1 aliphatic rings. The van der Waals surface area contributed by atoms with Crippen molar-refractivity contribution < 1.29 is 0 Å². The molecule has 0 saturated heterocycles. The van der Waals surface area contributed by atoms with E-state index in [0.29, 0.717) is 0 Å². The van der Waals surface area contributed by atoms with Crippen LogP contribution in [0.3, 0.4) is 0 Å². The molecule has 1 aliphatic heterocycles. The fourth-order valence-electron chi connectivity index (χ4n) is 5.76. The second kappa shape index (κ2) is 9.20. The van der Waals surface area contributed by atoms with E-state index in [1.54, 1.807) is 0 Å². The second-order valence-corrected chi connectivity index (χ2v) is 10.9. The normalized spacial score (nSPS) is 14.5. The Labute approximate surface area is 227 Å². The Morgan fingerprint density at radius 2 is 1.34 bits per heavy atom. The lowest BCUT2D eigenvalue weighted by Crippen LogP contribution is -2.23. The van der Waals surface area contributed by atoms with Crippen molar-refractivity contribution in [2.45, 2.75) is 13.1 Å². The lowest BCUT2D eigenvalue weighted by atomic mass is 9.91. The lowest BCUT2D eigenvalue weighted by molar-refractivity contribution is 0.802. The summed E-state index contributed by atoms with van der Waals surface area (Å²) >= 11 is 1.82. The first-order valence-electron chi connectivity index (χ1n) is 13.0. The lowest BCUT2D eigenvalue weighted by Gasteiger charge is -2.22. The third-order valence-corrected chi connectivity index (χ3v) is 8.77. The standard InChI is InChI=1S/C35H28N2S/c1-23-28(24-10-4-3-5-11-24)14-9-15-29(23)27-13-8-12-25(20-27)26-18-19-34-30(21-26)31(22-38-34)35-36-32-16-6-7-17-33(32)37(35)2/h3-22,35-36H,1-2H3. The van der Waals surface area contributed by atoms with Crippen LogP contribution in [0.4, 0.5) is 11.4 Å². The second-order valence-electron chi connectivity index (χ2n) is 10.0. The molecular formula is C35H28N2S. The third-order valence-electron chi connectivity index (χ3n) is 7.79. The van der Waals surface area contributed by atoms with Gasteiger partial charge in [-0.05, 0) is 81.6 Å². The maximum atomic E-state index is 3.73. The Bertz CT molecular complexity index is 1780. The van der Waals surface area contributed by atoms with E-state index >= 15 is 0 Å². The van der Waals surface area contributed by atoms with Crippen LogP contribution in [-0.4, -0.2) is 7.05 Å². The van der Waals surface area contributed by atoms with Gasteiger partial charge in [-0.25, -0.2) is 0 Å². The Morgan fingerprint density at radius 1 is 0.658 bits per heavy atom. The van der Waals surface area contributed by atoms with Gasteiger partial charge in [-0.2, -0.15) is 0 Å². The molecule has 1 atom stereocenters. The van der Waals surface area contributed by atoms with Crippen LogP contribution in [0.2, 0.25) is 0 Å². The number of rotatable bonds is 4. The average Bonchev–Trinajstić information content (AvgIpc) is 3.54. The van der Waals surface area contributed by atoms with Crippen LogP contribution in [0.1, 0.15) is 17.3 Å². The van der Waals surface area contributed by atoms with Crippen LogP contribution < -0.4 is 10.2 Å². The number of hydrogen-bond donors (Lipinski definition) is 1. The van der Waals surface area contributed by atoms with Crippen LogP contribution in [0.15, 0.2) is 121 Å².